The number of carbonyl (C=O) groups excluding carboxylic acids is 2. The van der Waals surface area contributed by atoms with E-state index in [4.69, 9.17) is 10.8 Å². The van der Waals surface area contributed by atoms with Gasteiger partial charge in [0.2, 0.25) is 5.91 Å². The van der Waals surface area contributed by atoms with E-state index in [2.05, 4.69) is 21.2 Å². The fraction of sp³-hybridized carbons (Fsp3) is 0.300. The Morgan fingerprint density at radius 1 is 1.37 bits per heavy atom. The molecule has 0 fully saturated rings. The second-order valence-electron chi connectivity index (χ2n) is 3.58. The number of nitrogens with zero attached hydrogens (tertiary/aromatic N) is 1. The first-order valence-electron chi connectivity index (χ1n) is 5.15. The van der Waals surface area contributed by atoms with Crippen LogP contribution in [0.2, 0.25) is 0 Å². The normalized spacial score (nSPS) is 9.95. The number of primary amides is 1. The molecule has 0 spiro atoms. The van der Waals surface area contributed by atoms with Gasteiger partial charge in [0.05, 0.1) is 10.3 Å². The summed E-state index contributed by atoms with van der Waals surface area (Å²) in [5.74, 6) is -1.98. The Balaban J connectivity index is 2.55. The van der Waals surface area contributed by atoms with Crippen molar-refractivity contribution in [3.63, 3.8) is 0 Å². The minimum Gasteiger partial charge on any atom is -0.480 e. The zero-order chi connectivity index (χ0) is 14.4. The first-order chi connectivity index (χ1) is 8.88. The molecule has 0 bridgehead atoms. The molecule has 9 heteroatoms. The van der Waals surface area contributed by atoms with Crippen molar-refractivity contribution in [1.82, 2.24) is 10.2 Å². The molecule has 1 aromatic rings. The molecule has 0 aromatic carbocycles. The molecule has 0 saturated carbocycles. The average molecular weight is 350 g/mol. The molecule has 4 N–H and O–H groups in total. The van der Waals surface area contributed by atoms with E-state index in [0.717, 1.165) is 13.6 Å². The first kappa shape index (κ1) is 15.4. The lowest BCUT2D eigenvalue weighted by atomic mass is 10.4. The molecule has 1 rings (SSSR count). The van der Waals surface area contributed by atoms with E-state index in [1.165, 1.54) is 11.3 Å². The zero-order valence-electron chi connectivity index (χ0n) is 9.76. The smallest absolute Gasteiger partial charge is 0.323 e. The number of carboxylic acid groups (broad SMARTS) is 1. The molecule has 1 aromatic heterocycles. The van der Waals surface area contributed by atoms with Gasteiger partial charge in [-0.1, -0.05) is 0 Å². The van der Waals surface area contributed by atoms with Crippen LogP contribution in [0.5, 0.6) is 0 Å². The van der Waals surface area contributed by atoms with E-state index >= 15 is 0 Å². The summed E-state index contributed by atoms with van der Waals surface area (Å²) in [4.78, 5) is 34.8. The Morgan fingerprint density at radius 3 is 2.53 bits per heavy atom. The predicted octanol–water partition coefficient (Wildman–Crippen LogP) is 0.592. The summed E-state index contributed by atoms with van der Waals surface area (Å²) in [6, 6.07) is 3.01. The van der Waals surface area contributed by atoms with Gasteiger partial charge in [0.15, 0.2) is 0 Å². The molecule has 7 nitrogen and oxygen atoms in total. The highest BCUT2D eigenvalue weighted by atomic mass is 79.9. The van der Waals surface area contributed by atoms with Gasteiger partial charge in [0.25, 0.3) is 0 Å². The van der Waals surface area contributed by atoms with Gasteiger partial charge in [-0.3, -0.25) is 9.59 Å². The van der Waals surface area contributed by atoms with Gasteiger partial charge in [-0.2, -0.15) is 0 Å². The number of hydrogen-bond acceptors (Lipinski definition) is 4. The minimum atomic E-state index is -1.21. The van der Waals surface area contributed by atoms with E-state index in [0.29, 0.717) is 0 Å². The number of thiophene rings is 1. The van der Waals surface area contributed by atoms with Crippen molar-refractivity contribution in [2.75, 3.05) is 13.1 Å². The van der Waals surface area contributed by atoms with Crippen LogP contribution in [-0.4, -0.2) is 41.0 Å². The minimum absolute atomic E-state index is 0.254. The van der Waals surface area contributed by atoms with Crippen molar-refractivity contribution >= 4 is 45.2 Å². The summed E-state index contributed by atoms with van der Waals surface area (Å²) in [5.41, 5.74) is 4.96. The van der Waals surface area contributed by atoms with Crippen LogP contribution in [0, 0.1) is 0 Å². The molecular formula is C10H12BrN3O4S. The fourth-order valence-corrected chi connectivity index (χ4v) is 2.70. The maximum Gasteiger partial charge on any atom is 0.323 e. The van der Waals surface area contributed by atoms with Crippen LogP contribution < -0.4 is 11.1 Å². The molecule has 0 saturated heterocycles. The Bertz CT molecular complexity index is 475. The van der Waals surface area contributed by atoms with Crippen LogP contribution in [0.1, 0.15) is 4.88 Å². The molecule has 1 heterocycles. The third-order valence-corrected chi connectivity index (χ3v) is 3.63. The molecule has 0 radical (unpaired) electrons. The van der Waals surface area contributed by atoms with Crippen molar-refractivity contribution in [2.45, 2.75) is 6.54 Å². The second-order valence-corrected chi connectivity index (χ2v) is 6.13. The number of nitrogens with two attached hydrogens (primary N) is 1. The van der Waals surface area contributed by atoms with Crippen LogP contribution in [0.25, 0.3) is 0 Å². The van der Waals surface area contributed by atoms with Crippen LogP contribution in [-0.2, 0) is 16.1 Å². The lowest BCUT2D eigenvalue weighted by molar-refractivity contribution is -0.137. The van der Waals surface area contributed by atoms with E-state index in [1.54, 1.807) is 0 Å². The molecule has 0 aliphatic rings. The summed E-state index contributed by atoms with van der Waals surface area (Å²) in [5, 5.41) is 11.2. The lowest BCUT2D eigenvalue weighted by Gasteiger charge is -2.19. The third-order valence-electron chi connectivity index (χ3n) is 2.00. The van der Waals surface area contributed by atoms with E-state index < -0.39 is 31.0 Å². The molecule has 19 heavy (non-hydrogen) atoms. The number of halogens is 1. The van der Waals surface area contributed by atoms with E-state index in [-0.39, 0.29) is 6.54 Å². The van der Waals surface area contributed by atoms with Crippen LogP contribution >= 0.6 is 27.3 Å². The monoisotopic (exact) mass is 349 g/mol. The van der Waals surface area contributed by atoms with E-state index in [9.17, 15) is 14.4 Å². The molecule has 0 atom stereocenters. The standard InChI is InChI=1S/C10H12BrN3O4S/c11-7-2-1-6(19-7)3-13-10(18)14(4-8(12)15)5-9(16)17/h1-2H,3-5H2,(H2,12,15)(H,13,18)(H,16,17). The molecule has 0 unspecified atom stereocenters. The number of carbonyl (C=O) groups is 3. The highest BCUT2D eigenvalue weighted by Crippen LogP contribution is 2.21. The molecule has 104 valence electrons. The third kappa shape index (κ3) is 5.71. The number of urea groups is 1. The number of carboxylic acids is 1. The summed E-state index contributed by atoms with van der Waals surface area (Å²) in [7, 11) is 0. The van der Waals surface area contributed by atoms with Crippen LogP contribution in [0.15, 0.2) is 15.9 Å². The first-order valence-corrected chi connectivity index (χ1v) is 6.76. The number of amides is 3. The lowest BCUT2D eigenvalue weighted by Crippen LogP contribution is -2.46. The highest BCUT2D eigenvalue weighted by molar-refractivity contribution is 9.11. The van der Waals surface area contributed by atoms with E-state index in [1.807, 2.05) is 12.1 Å². The van der Waals surface area contributed by atoms with Crippen molar-refractivity contribution in [2.24, 2.45) is 5.73 Å². The molecule has 0 aliphatic carbocycles. The number of aliphatic carboxylic acids is 1. The Kier molecular flexibility index (Phi) is 5.77. The number of rotatable bonds is 6. The van der Waals surface area contributed by atoms with Crippen molar-refractivity contribution < 1.29 is 19.5 Å². The molecule has 3 amide bonds. The van der Waals surface area contributed by atoms with Crippen LogP contribution in [0.4, 0.5) is 4.79 Å². The molecular weight excluding hydrogens is 338 g/mol. The van der Waals surface area contributed by atoms with Gasteiger partial charge in [0.1, 0.15) is 13.1 Å². The van der Waals surface area contributed by atoms with Gasteiger partial charge in [0, 0.05) is 4.88 Å². The highest BCUT2D eigenvalue weighted by Gasteiger charge is 2.18. The quantitative estimate of drug-likeness (QED) is 0.697. The SMILES string of the molecule is NC(=O)CN(CC(=O)O)C(=O)NCc1ccc(Br)s1. The Hall–Kier alpha value is -1.61. The van der Waals surface area contributed by atoms with Crippen molar-refractivity contribution in [3.8, 4) is 0 Å². The largest absolute Gasteiger partial charge is 0.480 e. The summed E-state index contributed by atoms with van der Waals surface area (Å²) >= 11 is 4.73. The summed E-state index contributed by atoms with van der Waals surface area (Å²) in [6.45, 7) is -0.765. The maximum absolute atomic E-state index is 11.7. The Labute approximate surface area is 121 Å². The summed E-state index contributed by atoms with van der Waals surface area (Å²) < 4.78 is 0.927. The average Bonchev–Trinajstić information content (AvgIpc) is 2.70. The summed E-state index contributed by atoms with van der Waals surface area (Å²) in [6.07, 6.45) is 0. The van der Waals surface area contributed by atoms with Crippen molar-refractivity contribution in [3.05, 3.63) is 20.8 Å². The van der Waals surface area contributed by atoms with Gasteiger partial charge >= 0.3 is 12.0 Å². The maximum atomic E-state index is 11.7. The van der Waals surface area contributed by atoms with Crippen LogP contribution in [0.3, 0.4) is 0 Å². The van der Waals surface area contributed by atoms with Gasteiger partial charge in [-0.15, -0.1) is 11.3 Å². The predicted molar refractivity (Wildman–Crippen MR) is 72.7 cm³/mol. The topological polar surface area (TPSA) is 113 Å². The fourth-order valence-electron chi connectivity index (χ4n) is 1.27. The number of hydrogen-bond donors (Lipinski definition) is 3. The van der Waals surface area contributed by atoms with Gasteiger partial charge in [-0.05, 0) is 28.1 Å². The molecule has 0 aliphatic heterocycles. The number of nitrogens with one attached hydrogen (secondary N) is 1. The zero-order valence-corrected chi connectivity index (χ0v) is 12.2. The second kappa shape index (κ2) is 7.10. The van der Waals surface area contributed by atoms with Crippen molar-refractivity contribution in [1.29, 1.82) is 0 Å². The Morgan fingerprint density at radius 2 is 2.05 bits per heavy atom. The van der Waals surface area contributed by atoms with Gasteiger partial charge < -0.3 is 21.1 Å². The van der Waals surface area contributed by atoms with Gasteiger partial charge in [-0.25, -0.2) is 4.79 Å².